The van der Waals surface area contributed by atoms with Crippen LogP contribution in [0.15, 0.2) is 83.8 Å². The van der Waals surface area contributed by atoms with Crippen molar-refractivity contribution in [3.8, 4) is 0 Å². The van der Waals surface area contributed by atoms with E-state index >= 15 is 0 Å². The maximum absolute atomic E-state index is 13.0. The summed E-state index contributed by atoms with van der Waals surface area (Å²) in [6, 6.07) is 23.1. The third kappa shape index (κ3) is 4.62. The van der Waals surface area contributed by atoms with Gasteiger partial charge in [0.15, 0.2) is 0 Å². The average Bonchev–Trinajstić information content (AvgIpc) is 3.38. The predicted molar refractivity (Wildman–Crippen MR) is 128 cm³/mol. The molecule has 0 unspecified atom stereocenters. The molecule has 0 saturated carbocycles. The summed E-state index contributed by atoms with van der Waals surface area (Å²) in [5.74, 6) is -0.320. The van der Waals surface area contributed by atoms with Gasteiger partial charge in [0.05, 0.1) is 16.1 Å². The van der Waals surface area contributed by atoms with Crippen LogP contribution in [0.2, 0.25) is 0 Å². The third-order valence-electron chi connectivity index (χ3n) is 5.75. The highest BCUT2D eigenvalue weighted by Gasteiger charge is 2.24. The molecule has 1 aliphatic rings. The van der Waals surface area contributed by atoms with Crippen LogP contribution in [-0.4, -0.2) is 34.5 Å². The highest BCUT2D eigenvalue weighted by Crippen LogP contribution is 2.26. The van der Waals surface area contributed by atoms with Crippen LogP contribution in [-0.2, 0) is 16.6 Å². The van der Waals surface area contributed by atoms with Crippen LogP contribution in [0.25, 0.3) is 0 Å². The second kappa shape index (κ2) is 9.44. The van der Waals surface area contributed by atoms with E-state index in [2.05, 4.69) is 22.3 Å². The van der Waals surface area contributed by atoms with E-state index in [0.717, 1.165) is 23.0 Å². The van der Waals surface area contributed by atoms with Crippen LogP contribution in [0.4, 0.5) is 11.4 Å². The van der Waals surface area contributed by atoms with E-state index in [4.69, 9.17) is 0 Å². The zero-order valence-corrected chi connectivity index (χ0v) is 18.9. The lowest BCUT2D eigenvalue weighted by atomic mass is 10.1. The third-order valence-corrected chi connectivity index (χ3v) is 7.54. The molecule has 1 fully saturated rings. The molecule has 3 aromatic rings. The molecule has 1 amide bonds. The summed E-state index contributed by atoms with van der Waals surface area (Å²) < 4.78 is 27.2. The molecule has 1 saturated heterocycles. The highest BCUT2D eigenvalue weighted by atomic mass is 32.2. The Hall–Kier alpha value is -3.32. The highest BCUT2D eigenvalue weighted by molar-refractivity contribution is 7.92. The van der Waals surface area contributed by atoms with Gasteiger partial charge in [-0.05, 0) is 54.8 Å². The van der Waals surface area contributed by atoms with Crippen LogP contribution in [0, 0.1) is 0 Å². The number of para-hydroxylation sites is 1. The molecular weight excluding hydrogens is 422 g/mol. The molecule has 0 bridgehead atoms. The van der Waals surface area contributed by atoms with Gasteiger partial charge in [0.1, 0.15) is 0 Å². The van der Waals surface area contributed by atoms with Crippen molar-refractivity contribution >= 4 is 27.3 Å². The molecule has 7 heteroatoms. The molecule has 0 aliphatic carbocycles. The van der Waals surface area contributed by atoms with Crippen LogP contribution >= 0.6 is 0 Å². The lowest BCUT2D eigenvalue weighted by Crippen LogP contribution is -2.30. The number of amides is 1. The maximum Gasteiger partial charge on any atom is 0.264 e. The van der Waals surface area contributed by atoms with E-state index in [9.17, 15) is 13.2 Å². The first-order valence-electron chi connectivity index (χ1n) is 10.7. The van der Waals surface area contributed by atoms with Crippen molar-refractivity contribution in [3.63, 3.8) is 0 Å². The lowest BCUT2D eigenvalue weighted by Gasteiger charge is -2.22. The zero-order chi connectivity index (χ0) is 22.6. The van der Waals surface area contributed by atoms with Gasteiger partial charge in [-0.3, -0.25) is 9.10 Å². The van der Waals surface area contributed by atoms with Crippen LogP contribution in [0.5, 0.6) is 0 Å². The molecule has 0 spiro atoms. The predicted octanol–water partition coefficient (Wildman–Crippen LogP) is 4.04. The van der Waals surface area contributed by atoms with Crippen molar-refractivity contribution < 1.29 is 13.2 Å². The molecule has 6 nitrogen and oxygen atoms in total. The Morgan fingerprint density at radius 2 is 1.53 bits per heavy atom. The molecule has 166 valence electrons. The number of hydrogen-bond donors (Lipinski definition) is 1. The summed E-state index contributed by atoms with van der Waals surface area (Å²) in [4.78, 5) is 15.5. The largest absolute Gasteiger partial charge is 0.372 e. The van der Waals surface area contributed by atoms with Gasteiger partial charge in [-0.2, -0.15) is 0 Å². The van der Waals surface area contributed by atoms with E-state index < -0.39 is 10.0 Å². The summed E-state index contributed by atoms with van der Waals surface area (Å²) in [6.07, 6.45) is 2.46. The minimum atomic E-state index is -3.78. The minimum Gasteiger partial charge on any atom is -0.372 e. The normalized spacial score (nSPS) is 13.7. The zero-order valence-electron chi connectivity index (χ0n) is 18.1. The summed E-state index contributed by atoms with van der Waals surface area (Å²) in [6.45, 7) is 2.54. The summed E-state index contributed by atoms with van der Waals surface area (Å²) in [5.41, 5.74) is 2.83. The van der Waals surface area contributed by atoms with E-state index in [1.807, 2.05) is 12.1 Å². The Balaban J connectivity index is 1.48. The van der Waals surface area contributed by atoms with Gasteiger partial charge in [0.2, 0.25) is 0 Å². The van der Waals surface area contributed by atoms with Crippen molar-refractivity contribution in [3.05, 3.63) is 90.0 Å². The molecule has 3 aromatic carbocycles. The molecule has 1 heterocycles. The Morgan fingerprint density at radius 3 is 2.22 bits per heavy atom. The number of carbonyl (C=O) groups excluding carboxylic acids is 1. The molecule has 32 heavy (non-hydrogen) atoms. The Kier molecular flexibility index (Phi) is 6.46. The second-order valence-electron chi connectivity index (χ2n) is 7.85. The molecule has 1 aliphatic heterocycles. The Labute approximate surface area is 189 Å². The summed E-state index contributed by atoms with van der Waals surface area (Å²) in [5, 5.41) is 2.92. The molecular formula is C25H27N3O3S. The van der Waals surface area contributed by atoms with Crippen molar-refractivity contribution in [2.45, 2.75) is 24.3 Å². The summed E-state index contributed by atoms with van der Waals surface area (Å²) in [7, 11) is -2.32. The van der Waals surface area contributed by atoms with E-state index in [0.29, 0.717) is 17.8 Å². The van der Waals surface area contributed by atoms with E-state index in [-0.39, 0.29) is 10.8 Å². The second-order valence-corrected chi connectivity index (χ2v) is 9.82. The molecule has 0 radical (unpaired) electrons. The number of sulfonamides is 1. The Bertz CT molecular complexity index is 1170. The number of hydrogen-bond acceptors (Lipinski definition) is 4. The van der Waals surface area contributed by atoms with E-state index in [1.54, 1.807) is 54.6 Å². The van der Waals surface area contributed by atoms with E-state index in [1.165, 1.54) is 25.6 Å². The standard InChI is InChI=1S/C25H27N3O3S/c1-27(32(30,31)22-9-3-2-4-10-22)24-12-6-5-11-23(24)25(29)26-19-20-13-15-21(16-14-20)28-17-7-8-18-28/h2-6,9-16H,7-8,17-19H2,1H3,(H,26,29). The summed E-state index contributed by atoms with van der Waals surface area (Å²) >= 11 is 0. The first kappa shape index (κ1) is 21.9. The lowest BCUT2D eigenvalue weighted by molar-refractivity contribution is 0.0951. The van der Waals surface area contributed by atoms with Crippen LogP contribution in [0.3, 0.4) is 0 Å². The quantitative estimate of drug-likeness (QED) is 0.591. The number of anilines is 2. The first-order chi connectivity index (χ1) is 15.5. The van der Waals surface area contributed by atoms with Gasteiger partial charge in [-0.15, -0.1) is 0 Å². The first-order valence-corrected chi connectivity index (χ1v) is 12.2. The van der Waals surface area contributed by atoms with Crippen LogP contribution in [0.1, 0.15) is 28.8 Å². The van der Waals surface area contributed by atoms with Crippen molar-refractivity contribution in [2.75, 3.05) is 29.3 Å². The fraction of sp³-hybridized carbons (Fsp3) is 0.240. The molecule has 0 aromatic heterocycles. The number of carbonyl (C=O) groups is 1. The minimum absolute atomic E-state index is 0.177. The number of rotatable bonds is 7. The number of benzene rings is 3. The number of nitrogens with one attached hydrogen (secondary N) is 1. The van der Waals surface area contributed by atoms with Gasteiger partial charge >= 0.3 is 0 Å². The van der Waals surface area contributed by atoms with Crippen molar-refractivity contribution in [1.29, 1.82) is 0 Å². The number of nitrogens with zero attached hydrogens (tertiary/aromatic N) is 2. The van der Waals surface area contributed by atoms with Gasteiger partial charge in [-0.25, -0.2) is 8.42 Å². The topological polar surface area (TPSA) is 69.7 Å². The fourth-order valence-electron chi connectivity index (χ4n) is 3.90. The van der Waals surface area contributed by atoms with Gasteiger partial charge in [-0.1, -0.05) is 42.5 Å². The molecule has 0 atom stereocenters. The Morgan fingerprint density at radius 1 is 0.906 bits per heavy atom. The van der Waals surface area contributed by atoms with Gasteiger partial charge < -0.3 is 10.2 Å². The average molecular weight is 450 g/mol. The smallest absolute Gasteiger partial charge is 0.264 e. The SMILES string of the molecule is CN(c1ccccc1C(=O)NCc1ccc(N2CCCC2)cc1)S(=O)(=O)c1ccccc1. The fourth-order valence-corrected chi connectivity index (χ4v) is 5.13. The van der Waals surface area contributed by atoms with Gasteiger partial charge in [0, 0.05) is 32.4 Å². The van der Waals surface area contributed by atoms with Crippen molar-refractivity contribution in [1.82, 2.24) is 5.32 Å². The maximum atomic E-state index is 13.0. The molecule has 4 rings (SSSR count). The molecule has 1 N–H and O–H groups in total. The van der Waals surface area contributed by atoms with Crippen LogP contribution < -0.4 is 14.5 Å². The monoisotopic (exact) mass is 449 g/mol. The van der Waals surface area contributed by atoms with Crippen molar-refractivity contribution in [2.24, 2.45) is 0 Å². The van der Waals surface area contributed by atoms with Gasteiger partial charge in [0.25, 0.3) is 15.9 Å².